The number of aliphatic hydroxyl groups excluding tert-OH is 1. The van der Waals surface area contributed by atoms with Gasteiger partial charge in [0, 0.05) is 30.5 Å². The number of aliphatic hydroxyl groups is 1. The third-order valence-corrected chi connectivity index (χ3v) is 3.77. The van der Waals surface area contributed by atoms with Crippen molar-refractivity contribution in [1.29, 1.82) is 0 Å². The van der Waals surface area contributed by atoms with Crippen molar-refractivity contribution in [2.45, 2.75) is 6.42 Å². The van der Waals surface area contributed by atoms with E-state index in [4.69, 9.17) is 16.7 Å². The van der Waals surface area contributed by atoms with Gasteiger partial charge in [0.05, 0.1) is 4.92 Å². The first kappa shape index (κ1) is 16.7. The number of nitrogens with zero attached hydrogens (tertiary/aromatic N) is 1. The maximum absolute atomic E-state index is 11.8. The zero-order valence-corrected chi connectivity index (χ0v) is 12.2. The number of nitro benzene ring substituents is 1. The molecule has 0 saturated heterocycles. The summed E-state index contributed by atoms with van der Waals surface area (Å²) in [7, 11) is 0. The molecule has 0 bridgehead atoms. The molecule has 0 spiro atoms. The van der Waals surface area contributed by atoms with Crippen LogP contribution in [0.3, 0.4) is 0 Å². The molecule has 0 unspecified atom stereocenters. The van der Waals surface area contributed by atoms with Gasteiger partial charge in [0.2, 0.25) is 0 Å². The van der Waals surface area contributed by atoms with Crippen molar-refractivity contribution in [2.75, 3.05) is 24.7 Å². The number of nitrogens with one attached hydrogen (secondary N) is 1. The first-order chi connectivity index (χ1) is 9.56. The van der Waals surface area contributed by atoms with Gasteiger partial charge in [0.1, 0.15) is 5.02 Å². The Balaban J connectivity index is 2.47. The van der Waals surface area contributed by atoms with Crippen molar-refractivity contribution in [3.05, 3.63) is 38.9 Å². The molecule has 6 nitrogen and oxygen atoms in total. The van der Waals surface area contributed by atoms with E-state index < -0.39 is 4.92 Å². The second kappa shape index (κ2) is 8.78. The Morgan fingerprint density at radius 2 is 2.20 bits per heavy atom. The minimum absolute atomic E-state index is 0.00566. The predicted molar refractivity (Wildman–Crippen MR) is 79.5 cm³/mol. The van der Waals surface area contributed by atoms with Crippen molar-refractivity contribution < 1.29 is 14.8 Å². The van der Waals surface area contributed by atoms with Crippen LogP contribution in [-0.4, -0.2) is 40.6 Å². The van der Waals surface area contributed by atoms with Crippen LogP contribution in [-0.2, 0) is 0 Å². The largest absolute Gasteiger partial charge is 0.396 e. The summed E-state index contributed by atoms with van der Waals surface area (Å²) in [4.78, 5) is 21.9. The molecule has 1 aromatic rings. The Labute approximate surface area is 125 Å². The Morgan fingerprint density at radius 3 is 2.85 bits per heavy atom. The number of nitro groups is 1. The molecule has 0 aliphatic rings. The molecule has 2 N–H and O–H groups in total. The monoisotopic (exact) mass is 318 g/mol. The van der Waals surface area contributed by atoms with Crippen LogP contribution in [0, 0.1) is 10.1 Å². The lowest BCUT2D eigenvalue weighted by Gasteiger charge is -2.05. The van der Waals surface area contributed by atoms with E-state index in [1.807, 2.05) is 0 Å². The summed E-state index contributed by atoms with van der Waals surface area (Å²) in [6.45, 7) is 0.624. The fourth-order valence-corrected chi connectivity index (χ4v) is 2.37. The highest BCUT2D eigenvalue weighted by Crippen LogP contribution is 2.24. The van der Waals surface area contributed by atoms with E-state index in [9.17, 15) is 14.9 Å². The maximum atomic E-state index is 11.8. The summed E-state index contributed by atoms with van der Waals surface area (Å²) in [5, 5.41) is 22.0. The number of carbonyl (C=O) groups excluding carboxylic acids is 1. The molecule has 0 saturated carbocycles. The zero-order valence-electron chi connectivity index (χ0n) is 10.7. The maximum Gasteiger partial charge on any atom is 0.288 e. The van der Waals surface area contributed by atoms with E-state index in [0.29, 0.717) is 6.54 Å². The molecule has 1 aromatic carbocycles. The molecule has 1 amide bonds. The number of amides is 1. The second-order valence-corrected chi connectivity index (χ2v) is 5.50. The number of halogens is 1. The summed E-state index contributed by atoms with van der Waals surface area (Å²) in [6.07, 6.45) is 0.724. The normalized spacial score (nSPS) is 10.3. The molecule has 0 radical (unpaired) electrons. The van der Waals surface area contributed by atoms with Crippen LogP contribution in [0.4, 0.5) is 5.69 Å². The van der Waals surface area contributed by atoms with Crippen molar-refractivity contribution >= 4 is 35.0 Å². The van der Waals surface area contributed by atoms with Gasteiger partial charge < -0.3 is 10.4 Å². The third-order valence-electron chi connectivity index (χ3n) is 2.38. The second-order valence-electron chi connectivity index (χ2n) is 3.87. The van der Waals surface area contributed by atoms with Gasteiger partial charge in [-0.05, 0) is 24.3 Å². The first-order valence-electron chi connectivity index (χ1n) is 5.97. The molecule has 20 heavy (non-hydrogen) atoms. The number of hydrogen-bond donors (Lipinski definition) is 2. The highest BCUT2D eigenvalue weighted by molar-refractivity contribution is 7.99. The number of benzene rings is 1. The van der Waals surface area contributed by atoms with E-state index in [1.54, 1.807) is 11.8 Å². The van der Waals surface area contributed by atoms with Crippen molar-refractivity contribution in [2.24, 2.45) is 0 Å². The van der Waals surface area contributed by atoms with Gasteiger partial charge in [0.25, 0.3) is 11.6 Å². The standard InChI is InChI=1S/C12H15ClN2O4S/c13-10-3-2-9(8-11(10)15(18)19)12(17)14-4-7-20-6-1-5-16/h2-3,8,16H,1,4-7H2,(H,14,17). The fourth-order valence-electron chi connectivity index (χ4n) is 1.40. The van der Waals surface area contributed by atoms with E-state index in [1.165, 1.54) is 12.1 Å². The molecular weight excluding hydrogens is 304 g/mol. The van der Waals surface area contributed by atoms with E-state index >= 15 is 0 Å². The van der Waals surface area contributed by atoms with Crippen molar-refractivity contribution in [3.8, 4) is 0 Å². The molecule has 8 heteroatoms. The highest BCUT2D eigenvalue weighted by Gasteiger charge is 2.15. The zero-order chi connectivity index (χ0) is 15.0. The van der Waals surface area contributed by atoms with E-state index in [0.717, 1.165) is 24.0 Å². The summed E-state index contributed by atoms with van der Waals surface area (Å²) < 4.78 is 0. The Morgan fingerprint density at radius 1 is 1.45 bits per heavy atom. The third kappa shape index (κ3) is 5.36. The minimum Gasteiger partial charge on any atom is -0.396 e. The van der Waals surface area contributed by atoms with Gasteiger partial charge in [-0.25, -0.2) is 0 Å². The average molecular weight is 319 g/mol. The topological polar surface area (TPSA) is 92.5 Å². The summed E-state index contributed by atoms with van der Waals surface area (Å²) in [5.41, 5.74) is -0.0712. The van der Waals surface area contributed by atoms with Crippen LogP contribution < -0.4 is 5.32 Å². The van der Waals surface area contributed by atoms with Gasteiger partial charge in [-0.15, -0.1) is 0 Å². The number of hydrogen-bond acceptors (Lipinski definition) is 5. The number of rotatable bonds is 8. The molecule has 110 valence electrons. The molecule has 0 fully saturated rings. The van der Waals surface area contributed by atoms with E-state index in [2.05, 4.69) is 5.32 Å². The van der Waals surface area contributed by atoms with Crippen LogP contribution in [0.1, 0.15) is 16.8 Å². The number of thioether (sulfide) groups is 1. The Hall–Kier alpha value is -1.31. The fraction of sp³-hybridized carbons (Fsp3) is 0.417. The van der Waals surface area contributed by atoms with Gasteiger partial charge in [-0.3, -0.25) is 14.9 Å². The molecule has 0 aromatic heterocycles. The average Bonchev–Trinajstić information content (AvgIpc) is 2.42. The summed E-state index contributed by atoms with van der Waals surface area (Å²) >= 11 is 7.30. The van der Waals surface area contributed by atoms with Crippen molar-refractivity contribution in [1.82, 2.24) is 5.32 Å². The summed E-state index contributed by atoms with van der Waals surface area (Å²) in [6, 6.07) is 3.95. The molecule has 0 heterocycles. The first-order valence-corrected chi connectivity index (χ1v) is 7.50. The van der Waals surface area contributed by atoms with Gasteiger partial charge in [-0.1, -0.05) is 11.6 Å². The van der Waals surface area contributed by atoms with Crippen LogP contribution in [0.2, 0.25) is 5.02 Å². The molecule has 0 aliphatic carbocycles. The lowest BCUT2D eigenvalue weighted by molar-refractivity contribution is -0.384. The van der Waals surface area contributed by atoms with Gasteiger partial charge in [0.15, 0.2) is 0 Å². The molecule has 0 aliphatic heterocycles. The molecular formula is C12H15ClN2O4S. The van der Waals surface area contributed by atoms with Gasteiger partial charge in [-0.2, -0.15) is 11.8 Å². The van der Waals surface area contributed by atoms with Crippen LogP contribution in [0.15, 0.2) is 18.2 Å². The minimum atomic E-state index is -0.621. The van der Waals surface area contributed by atoms with Crippen LogP contribution >= 0.6 is 23.4 Å². The van der Waals surface area contributed by atoms with E-state index in [-0.39, 0.29) is 28.8 Å². The predicted octanol–water partition coefficient (Wildman–Crippen LogP) is 2.09. The highest BCUT2D eigenvalue weighted by atomic mass is 35.5. The summed E-state index contributed by atoms with van der Waals surface area (Å²) in [5.74, 6) is 1.19. The quantitative estimate of drug-likeness (QED) is 0.435. The van der Waals surface area contributed by atoms with Crippen molar-refractivity contribution in [3.63, 3.8) is 0 Å². The van der Waals surface area contributed by atoms with Crippen LogP contribution in [0.25, 0.3) is 0 Å². The number of carbonyl (C=O) groups is 1. The SMILES string of the molecule is O=C(NCCSCCCO)c1ccc(Cl)c([N+](=O)[O-])c1. The molecule has 0 atom stereocenters. The van der Waals surface area contributed by atoms with Crippen LogP contribution in [0.5, 0.6) is 0 Å². The Bertz CT molecular complexity index is 485. The molecule has 1 rings (SSSR count). The lowest BCUT2D eigenvalue weighted by Crippen LogP contribution is -2.25. The smallest absolute Gasteiger partial charge is 0.288 e. The van der Waals surface area contributed by atoms with Gasteiger partial charge >= 0.3 is 0 Å². The Kier molecular flexibility index (Phi) is 7.35. The lowest BCUT2D eigenvalue weighted by atomic mass is 10.2.